The van der Waals surface area contributed by atoms with E-state index in [2.05, 4.69) is 212 Å². The molecule has 12 aromatic rings. The highest BCUT2D eigenvalue weighted by molar-refractivity contribution is 6.16. The molecule has 0 unspecified atom stereocenters. The minimum Gasteiger partial charge on any atom is -0.248 e. The first kappa shape index (κ1) is 35.7. The van der Waals surface area contributed by atoms with Crippen LogP contribution in [0.25, 0.3) is 121 Å². The maximum absolute atomic E-state index is 5.36. The molecule has 0 radical (unpaired) electrons. The molecule has 3 aromatic heterocycles. The summed E-state index contributed by atoms with van der Waals surface area (Å²) in [6, 6.07) is 79.8. The monoisotopic (exact) mass is 787 g/mol. The molecule has 3 heterocycles. The fourth-order valence-electron chi connectivity index (χ4n) is 9.24. The molecule has 3 heteroatoms. The standard InChI is InChI=1S/C59H37N3/c1-4-14-38(15-5-1)51-37-56(60-55-34-28-39-16-10-11-21-46(39)57(51)55)43-26-24-40(25-27-43)45-30-31-49(48-23-13-12-22-47(45)48)52-36-44-29-33-53(41-17-6-2-7-18-41)61-58(44)59-50(52)32-35-54(62-59)42-19-8-3-9-20-42/h1-37H. The van der Waals surface area contributed by atoms with Crippen LogP contribution in [0.1, 0.15) is 0 Å². The van der Waals surface area contributed by atoms with Crippen molar-refractivity contribution in [1.29, 1.82) is 0 Å². The lowest BCUT2D eigenvalue weighted by Gasteiger charge is -2.16. The Labute approximate surface area is 359 Å². The molecule has 62 heavy (non-hydrogen) atoms. The zero-order valence-corrected chi connectivity index (χ0v) is 33.7. The summed E-state index contributed by atoms with van der Waals surface area (Å²) in [5.41, 5.74) is 15.8. The summed E-state index contributed by atoms with van der Waals surface area (Å²) in [5.74, 6) is 0. The van der Waals surface area contributed by atoms with E-state index in [1.165, 1.54) is 43.6 Å². The maximum Gasteiger partial charge on any atom is 0.0978 e. The Balaban J connectivity index is 0.983. The number of rotatable bonds is 6. The fourth-order valence-corrected chi connectivity index (χ4v) is 9.24. The Kier molecular flexibility index (Phi) is 8.50. The van der Waals surface area contributed by atoms with Crippen molar-refractivity contribution in [3.05, 3.63) is 224 Å². The van der Waals surface area contributed by atoms with Crippen LogP contribution in [0.15, 0.2) is 224 Å². The van der Waals surface area contributed by atoms with Gasteiger partial charge < -0.3 is 0 Å². The van der Waals surface area contributed by atoms with Crippen LogP contribution < -0.4 is 0 Å². The Morgan fingerprint density at radius 2 is 0.758 bits per heavy atom. The normalized spacial score (nSPS) is 11.5. The van der Waals surface area contributed by atoms with Gasteiger partial charge in [0.05, 0.1) is 33.6 Å². The summed E-state index contributed by atoms with van der Waals surface area (Å²) >= 11 is 0. The van der Waals surface area contributed by atoms with Gasteiger partial charge in [-0.25, -0.2) is 15.0 Å². The zero-order chi connectivity index (χ0) is 41.0. The largest absolute Gasteiger partial charge is 0.248 e. The highest BCUT2D eigenvalue weighted by Gasteiger charge is 2.18. The predicted molar refractivity (Wildman–Crippen MR) is 260 cm³/mol. The van der Waals surface area contributed by atoms with E-state index in [1.54, 1.807) is 0 Å². The zero-order valence-electron chi connectivity index (χ0n) is 33.7. The molecule has 0 atom stereocenters. The molecule has 9 aromatic carbocycles. The van der Waals surface area contributed by atoms with Gasteiger partial charge in [0.15, 0.2) is 0 Å². The molecule has 0 N–H and O–H groups in total. The molecule has 0 amide bonds. The van der Waals surface area contributed by atoms with E-state index in [4.69, 9.17) is 15.0 Å². The molecule has 12 rings (SSSR count). The minimum absolute atomic E-state index is 0.895. The summed E-state index contributed by atoms with van der Waals surface area (Å²) in [6.45, 7) is 0. The molecule has 3 nitrogen and oxygen atoms in total. The van der Waals surface area contributed by atoms with Crippen LogP contribution in [-0.4, -0.2) is 15.0 Å². The highest BCUT2D eigenvalue weighted by Crippen LogP contribution is 2.42. The average molecular weight is 788 g/mol. The first-order valence-electron chi connectivity index (χ1n) is 21.1. The van der Waals surface area contributed by atoms with Crippen LogP contribution in [0, 0.1) is 0 Å². The third-order valence-corrected chi connectivity index (χ3v) is 12.3. The Morgan fingerprint density at radius 1 is 0.242 bits per heavy atom. The summed E-state index contributed by atoms with van der Waals surface area (Å²) in [6.07, 6.45) is 0. The summed E-state index contributed by atoms with van der Waals surface area (Å²) < 4.78 is 0. The third-order valence-electron chi connectivity index (χ3n) is 12.3. The number of pyridine rings is 3. The van der Waals surface area contributed by atoms with E-state index in [9.17, 15) is 0 Å². The van der Waals surface area contributed by atoms with E-state index < -0.39 is 0 Å². The van der Waals surface area contributed by atoms with Gasteiger partial charge in [-0.05, 0) is 91.3 Å². The van der Waals surface area contributed by atoms with E-state index in [-0.39, 0.29) is 0 Å². The van der Waals surface area contributed by atoms with Crippen LogP contribution in [0.3, 0.4) is 0 Å². The summed E-state index contributed by atoms with van der Waals surface area (Å²) in [5, 5.41) is 8.12. The lowest BCUT2D eigenvalue weighted by Crippen LogP contribution is -1.94. The molecule has 0 aliphatic rings. The number of fused-ring (bicyclic) bond motifs is 7. The van der Waals surface area contributed by atoms with Crippen LogP contribution in [0.2, 0.25) is 0 Å². The third kappa shape index (κ3) is 6.10. The smallest absolute Gasteiger partial charge is 0.0978 e. The van der Waals surface area contributed by atoms with Crippen molar-refractivity contribution < 1.29 is 0 Å². The quantitative estimate of drug-likeness (QED) is 0.158. The maximum atomic E-state index is 5.36. The van der Waals surface area contributed by atoms with Gasteiger partial charge >= 0.3 is 0 Å². The number of nitrogens with zero attached hydrogens (tertiary/aromatic N) is 3. The molecule has 0 aliphatic carbocycles. The molecule has 0 bridgehead atoms. The van der Waals surface area contributed by atoms with E-state index >= 15 is 0 Å². The predicted octanol–water partition coefficient (Wildman–Crippen LogP) is 15.6. The molecular weight excluding hydrogens is 751 g/mol. The molecule has 288 valence electrons. The van der Waals surface area contributed by atoms with Crippen molar-refractivity contribution >= 4 is 54.3 Å². The minimum atomic E-state index is 0.895. The van der Waals surface area contributed by atoms with Gasteiger partial charge in [0, 0.05) is 32.8 Å². The number of benzene rings is 9. The molecule has 0 saturated heterocycles. The van der Waals surface area contributed by atoms with E-state index in [0.29, 0.717) is 0 Å². The van der Waals surface area contributed by atoms with Gasteiger partial charge in [-0.3, -0.25) is 0 Å². The second kappa shape index (κ2) is 14.8. The van der Waals surface area contributed by atoms with Gasteiger partial charge in [-0.1, -0.05) is 188 Å². The van der Waals surface area contributed by atoms with Crippen molar-refractivity contribution in [3.8, 4) is 67.2 Å². The van der Waals surface area contributed by atoms with Crippen molar-refractivity contribution in [3.63, 3.8) is 0 Å². The van der Waals surface area contributed by atoms with Gasteiger partial charge in [0.25, 0.3) is 0 Å². The topological polar surface area (TPSA) is 38.7 Å². The van der Waals surface area contributed by atoms with Crippen LogP contribution in [-0.2, 0) is 0 Å². The van der Waals surface area contributed by atoms with Gasteiger partial charge in [0.1, 0.15) is 0 Å². The van der Waals surface area contributed by atoms with Crippen LogP contribution in [0.4, 0.5) is 0 Å². The van der Waals surface area contributed by atoms with E-state index in [0.717, 1.165) is 77.8 Å². The van der Waals surface area contributed by atoms with Gasteiger partial charge in [0.2, 0.25) is 0 Å². The molecular formula is C59H37N3. The average Bonchev–Trinajstić information content (AvgIpc) is 3.36. The van der Waals surface area contributed by atoms with Crippen molar-refractivity contribution in [2.45, 2.75) is 0 Å². The van der Waals surface area contributed by atoms with Crippen molar-refractivity contribution in [2.75, 3.05) is 0 Å². The SMILES string of the molecule is c1ccc(-c2ccc3cc(-c4ccc(-c5ccc(-c6cc(-c7ccccc7)c7c(ccc8ccccc87)n6)cc5)c5ccccc45)c4ccc(-c5ccccc5)nc4c3n2)cc1. The Morgan fingerprint density at radius 3 is 1.47 bits per heavy atom. The second-order valence-corrected chi connectivity index (χ2v) is 15.9. The first-order valence-corrected chi connectivity index (χ1v) is 21.1. The lowest BCUT2D eigenvalue weighted by atomic mass is 9.89. The molecule has 0 spiro atoms. The number of hydrogen-bond acceptors (Lipinski definition) is 3. The first-order chi connectivity index (χ1) is 30.7. The van der Waals surface area contributed by atoms with Gasteiger partial charge in [-0.2, -0.15) is 0 Å². The fraction of sp³-hybridized carbons (Fsp3) is 0. The highest BCUT2D eigenvalue weighted by atomic mass is 14.8. The second-order valence-electron chi connectivity index (χ2n) is 15.9. The van der Waals surface area contributed by atoms with Gasteiger partial charge in [-0.15, -0.1) is 0 Å². The number of aromatic nitrogens is 3. The molecule has 0 aliphatic heterocycles. The Hall–Kier alpha value is -8.27. The summed E-state index contributed by atoms with van der Waals surface area (Å²) in [4.78, 5) is 15.9. The number of hydrogen-bond donors (Lipinski definition) is 0. The van der Waals surface area contributed by atoms with Crippen LogP contribution in [0.5, 0.6) is 0 Å². The molecule has 0 fully saturated rings. The van der Waals surface area contributed by atoms with E-state index in [1.807, 2.05) is 12.1 Å². The van der Waals surface area contributed by atoms with Crippen molar-refractivity contribution in [2.24, 2.45) is 0 Å². The molecule has 0 saturated carbocycles. The van der Waals surface area contributed by atoms with Crippen LogP contribution >= 0.6 is 0 Å². The Bertz CT molecular complexity index is 3660. The lowest BCUT2D eigenvalue weighted by molar-refractivity contribution is 1.36. The summed E-state index contributed by atoms with van der Waals surface area (Å²) in [7, 11) is 0. The van der Waals surface area contributed by atoms with Crippen molar-refractivity contribution in [1.82, 2.24) is 15.0 Å².